The normalized spacial score (nSPS) is 23.6. The van der Waals surface area contributed by atoms with Crippen LogP contribution in [0.1, 0.15) is 31.8 Å². The number of methoxy groups -OCH3 is 1. The van der Waals surface area contributed by atoms with Crippen LogP contribution in [0.2, 0.25) is 0 Å². The number of nitrogens with one attached hydrogen (secondary N) is 1. The fraction of sp³-hybridized carbons (Fsp3) is 0.171. The van der Waals surface area contributed by atoms with Gasteiger partial charge in [0.1, 0.15) is 17.2 Å². The highest BCUT2D eigenvalue weighted by molar-refractivity contribution is 9.10. The summed E-state index contributed by atoms with van der Waals surface area (Å²) in [6.07, 6.45) is 3.94. The first-order valence-corrected chi connectivity index (χ1v) is 15.0. The molecule has 1 amide bonds. The minimum atomic E-state index is -1.40. The van der Waals surface area contributed by atoms with Crippen molar-refractivity contribution in [2.45, 2.75) is 17.5 Å². The van der Waals surface area contributed by atoms with E-state index < -0.39 is 23.4 Å². The predicted octanol–water partition coefficient (Wildman–Crippen LogP) is 6.04. The van der Waals surface area contributed by atoms with E-state index in [0.717, 1.165) is 11.3 Å². The molecule has 1 fully saturated rings. The van der Waals surface area contributed by atoms with E-state index in [9.17, 15) is 9.59 Å². The van der Waals surface area contributed by atoms with Crippen LogP contribution in [0, 0.1) is 5.92 Å². The second kappa shape index (κ2) is 9.82. The zero-order valence-corrected chi connectivity index (χ0v) is 25.0. The summed E-state index contributed by atoms with van der Waals surface area (Å²) in [5, 5.41) is 3.06. The molecule has 0 radical (unpaired) electrons. The van der Waals surface area contributed by atoms with Gasteiger partial charge in [0.15, 0.2) is 23.1 Å². The molecule has 4 aliphatic rings. The van der Waals surface area contributed by atoms with Crippen molar-refractivity contribution in [3.63, 3.8) is 0 Å². The summed E-state index contributed by atoms with van der Waals surface area (Å²) in [7, 11) is 1.56. The molecule has 4 heterocycles. The number of hydrogen-bond donors (Lipinski definition) is 1. The number of para-hydroxylation sites is 2. The van der Waals surface area contributed by atoms with Crippen molar-refractivity contribution in [2.24, 2.45) is 5.92 Å². The summed E-state index contributed by atoms with van der Waals surface area (Å²) in [6.45, 7) is 0.0566. The van der Waals surface area contributed by atoms with Crippen LogP contribution in [0.15, 0.2) is 95.5 Å². The Balaban J connectivity index is 1.40. The number of rotatable bonds is 5. The molecular weight excluding hydrogens is 624 g/mol. The van der Waals surface area contributed by atoms with Gasteiger partial charge in [0, 0.05) is 22.5 Å². The topological polar surface area (TPSA) is 94.2 Å². The Bertz CT molecular complexity index is 1940. The van der Waals surface area contributed by atoms with Gasteiger partial charge in [0.25, 0.3) is 0 Å². The molecule has 8 rings (SSSR count). The Morgan fingerprint density at radius 1 is 0.932 bits per heavy atom. The number of hydrogen-bond acceptors (Lipinski definition) is 7. The molecule has 4 aromatic carbocycles. The molecule has 4 aromatic rings. The maximum Gasteiger partial charge on any atom is 0.238 e. The third-order valence-corrected chi connectivity index (χ3v) is 9.81. The van der Waals surface area contributed by atoms with Gasteiger partial charge in [-0.15, -0.1) is 0 Å². The number of ether oxygens (including phenoxy) is 3. The number of Topliss-reactive ketones (excluding diaryl/α,β-unsaturated/α-hetero) is 2. The van der Waals surface area contributed by atoms with Gasteiger partial charge >= 0.3 is 0 Å². The number of carbonyl (C=O) groups excluding carboxylic acids is 3. The van der Waals surface area contributed by atoms with Crippen molar-refractivity contribution in [1.82, 2.24) is 0 Å². The average Bonchev–Trinajstić information content (AvgIpc) is 3.73. The molecule has 218 valence electrons. The zero-order chi connectivity index (χ0) is 30.2. The van der Waals surface area contributed by atoms with Gasteiger partial charge < -0.3 is 24.4 Å². The van der Waals surface area contributed by atoms with E-state index >= 15 is 4.79 Å². The highest BCUT2D eigenvalue weighted by Crippen LogP contribution is 2.58. The van der Waals surface area contributed by atoms with Gasteiger partial charge in [-0.2, -0.15) is 0 Å². The number of fused-ring (bicyclic) bond motifs is 7. The van der Waals surface area contributed by atoms with Crippen molar-refractivity contribution in [2.75, 3.05) is 24.1 Å². The molecule has 9 heteroatoms. The number of amides is 1. The summed E-state index contributed by atoms with van der Waals surface area (Å²) >= 11 is 3.52. The van der Waals surface area contributed by atoms with Gasteiger partial charge in [-0.25, -0.2) is 0 Å². The fourth-order valence-electron chi connectivity index (χ4n) is 7.34. The maximum absolute atomic E-state index is 15.0. The third-order valence-electron chi connectivity index (χ3n) is 9.19. The van der Waals surface area contributed by atoms with E-state index in [4.69, 9.17) is 14.2 Å². The first kappa shape index (κ1) is 26.7. The molecular formula is C35H25BrN2O6. The smallest absolute Gasteiger partial charge is 0.238 e. The molecule has 0 unspecified atom stereocenters. The Labute approximate surface area is 261 Å². The van der Waals surface area contributed by atoms with E-state index in [-0.39, 0.29) is 24.3 Å². The molecule has 44 heavy (non-hydrogen) atoms. The summed E-state index contributed by atoms with van der Waals surface area (Å²) in [5.41, 5.74) is 2.32. The highest BCUT2D eigenvalue weighted by atomic mass is 79.9. The first-order chi connectivity index (χ1) is 21.4. The number of benzene rings is 4. The molecule has 4 aliphatic heterocycles. The van der Waals surface area contributed by atoms with Gasteiger partial charge in [-0.1, -0.05) is 48.6 Å². The van der Waals surface area contributed by atoms with E-state index in [1.807, 2.05) is 65.6 Å². The van der Waals surface area contributed by atoms with E-state index in [0.29, 0.717) is 44.1 Å². The molecule has 1 saturated heterocycles. The third kappa shape index (κ3) is 3.59. The van der Waals surface area contributed by atoms with Crippen LogP contribution < -0.4 is 24.4 Å². The summed E-state index contributed by atoms with van der Waals surface area (Å²) in [5.74, 6) is -0.465. The molecule has 0 aromatic heterocycles. The van der Waals surface area contributed by atoms with Crippen LogP contribution in [0.5, 0.6) is 17.2 Å². The maximum atomic E-state index is 15.0. The Hall–Kier alpha value is -4.89. The van der Waals surface area contributed by atoms with Gasteiger partial charge in [0.2, 0.25) is 12.7 Å². The largest absolute Gasteiger partial charge is 0.496 e. The van der Waals surface area contributed by atoms with Crippen LogP contribution >= 0.6 is 15.9 Å². The van der Waals surface area contributed by atoms with Crippen molar-refractivity contribution in [3.8, 4) is 17.2 Å². The quantitative estimate of drug-likeness (QED) is 0.264. The fourth-order valence-corrected chi connectivity index (χ4v) is 7.88. The summed E-state index contributed by atoms with van der Waals surface area (Å²) < 4.78 is 17.1. The van der Waals surface area contributed by atoms with Crippen molar-refractivity contribution >= 4 is 50.9 Å². The number of ketones is 2. The molecule has 0 aliphatic carbocycles. The van der Waals surface area contributed by atoms with Crippen LogP contribution in [0.25, 0.3) is 6.08 Å². The number of nitrogens with zero attached hydrogens (tertiary/aromatic N) is 1. The average molecular weight is 649 g/mol. The number of carbonyl (C=O) groups is 3. The van der Waals surface area contributed by atoms with Crippen molar-refractivity contribution in [1.29, 1.82) is 0 Å². The Morgan fingerprint density at radius 3 is 2.52 bits per heavy atom. The van der Waals surface area contributed by atoms with E-state index in [2.05, 4.69) is 21.2 Å². The van der Waals surface area contributed by atoms with E-state index in [1.165, 1.54) is 0 Å². The lowest BCUT2D eigenvalue weighted by Crippen LogP contribution is -2.51. The SMILES string of the molecule is COc1ccc(C(=O)[C@@H]2[C@H](C(=O)c3ccc4c(c3)OCO4)[C@@]3(C(=O)Nc4ccccc43)[C@@H]3C=Cc4ccccc4N23)cc1Br. The molecule has 1 spiro atoms. The Morgan fingerprint density at radius 2 is 1.68 bits per heavy atom. The van der Waals surface area contributed by atoms with E-state index in [1.54, 1.807) is 43.5 Å². The zero-order valence-electron chi connectivity index (χ0n) is 23.5. The standard InChI is InChI=1S/C35H25BrN2O6/c1-42-26-13-10-20(16-23(26)36)33(40)31-30(32(39)21-11-14-27-28(17-21)44-18-43-27)35(22-7-3-4-8-24(22)37-34(35)41)29-15-12-19-6-2-5-9-25(19)38(29)31/h2-17,29-31H,18H2,1H3,(H,37,41)/t29-,30+,31-,35-/m0/s1. The van der Waals surface area contributed by atoms with Gasteiger partial charge in [-0.3, -0.25) is 14.4 Å². The lowest BCUT2D eigenvalue weighted by Gasteiger charge is -2.37. The molecule has 1 N–H and O–H groups in total. The molecule has 0 bridgehead atoms. The monoisotopic (exact) mass is 648 g/mol. The van der Waals surface area contributed by atoms with Gasteiger partial charge in [0.05, 0.1) is 23.5 Å². The second-order valence-electron chi connectivity index (χ2n) is 11.2. The summed E-state index contributed by atoms with van der Waals surface area (Å²) in [6, 6.07) is 23.7. The first-order valence-electron chi connectivity index (χ1n) is 14.2. The summed E-state index contributed by atoms with van der Waals surface area (Å²) in [4.78, 5) is 46.4. The van der Waals surface area contributed by atoms with Crippen LogP contribution in [-0.2, 0) is 10.2 Å². The lowest BCUT2D eigenvalue weighted by atomic mass is 9.64. The highest BCUT2D eigenvalue weighted by Gasteiger charge is 2.70. The van der Waals surface area contributed by atoms with Crippen LogP contribution in [0.4, 0.5) is 11.4 Å². The minimum Gasteiger partial charge on any atom is -0.496 e. The number of halogens is 1. The van der Waals surface area contributed by atoms with Crippen LogP contribution in [-0.4, -0.2) is 43.5 Å². The Kier molecular flexibility index (Phi) is 5.96. The molecule has 8 nitrogen and oxygen atoms in total. The van der Waals surface area contributed by atoms with Crippen molar-refractivity contribution < 1.29 is 28.6 Å². The van der Waals surface area contributed by atoms with Gasteiger partial charge in [-0.05, 0) is 75.6 Å². The molecule has 4 atom stereocenters. The predicted molar refractivity (Wildman–Crippen MR) is 168 cm³/mol. The lowest BCUT2D eigenvalue weighted by molar-refractivity contribution is -0.121. The molecule has 0 saturated carbocycles. The second-order valence-corrected chi connectivity index (χ2v) is 12.1. The number of anilines is 2. The van der Waals surface area contributed by atoms with Crippen LogP contribution in [0.3, 0.4) is 0 Å². The van der Waals surface area contributed by atoms with Crippen molar-refractivity contribution in [3.05, 3.63) is 118 Å². The minimum absolute atomic E-state index is 0.0566.